The number of carbonyl (C=O) groups excluding carboxylic acids is 1. The van der Waals surface area contributed by atoms with Crippen molar-refractivity contribution < 1.29 is 9.53 Å². The Morgan fingerprint density at radius 2 is 2.04 bits per heavy atom. The molecular formula is C20H20N4O2S. The van der Waals surface area contributed by atoms with Crippen LogP contribution in [0.5, 0.6) is 5.75 Å². The van der Waals surface area contributed by atoms with Crippen LogP contribution in [0.25, 0.3) is 5.70 Å². The van der Waals surface area contributed by atoms with Crippen LogP contribution in [0, 0.1) is 0 Å². The molecule has 0 fully saturated rings. The summed E-state index contributed by atoms with van der Waals surface area (Å²) >= 11 is 1.50. The van der Waals surface area contributed by atoms with Gasteiger partial charge < -0.3 is 4.74 Å². The summed E-state index contributed by atoms with van der Waals surface area (Å²) in [6, 6.07) is 15.4. The van der Waals surface area contributed by atoms with Gasteiger partial charge in [-0.05, 0) is 30.9 Å². The normalized spacial score (nSPS) is 18.1. The average Bonchev–Trinajstić information content (AvgIpc) is 2.68. The number of nitrogens with one attached hydrogen (secondary N) is 1. The first-order chi connectivity index (χ1) is 13.2. The van der Waals surface area contributed by atoms with Crippen molar-refractivity contribution in [3.8, 4) is 5.75 Å². The maximum atomic E-state index is 12.9. The first kappa shape index (κ1) is 17.6. The predicted molar refractivity (Wildman–Crippen MR) is 107 cm³/mol. The van der Waals surface area contributed by atoms with Gasteiger partial charge >= 0.3 is 0 Å². The lowest BCUT2D eigenvalue weighted by Gasteiger charge is -2.34. The second kappa shape index (κ2) is 7.44. The van der Waals surface area contributed by atoms with Crippen molar-refractivity contribution in [3.63, 3.8) is 0 Å². The maximum absolute atomic E-state index is 12.9. The van der Waals surface area contributed by atoms with E-state index in [-0.39, 0.29) is 5.91 Å². The number of carbonyl (C=O) groups is 1. The van der Waals surface area contributed by atoms with Crippen LogP contribution >= 0.6 is 11.8 Å². The minimum Gasteiger partial charge on any atom is -0.494 e. The lowest BCUT2D eigenvalue weighted by atomic mass is 10.1. The Labute approximate surface area is 161 Å². The topological polar surface area (TPSA) is 66.3 Å². The highest BCUT2D eigenvalue weighted by atomic mass is 32.2. The number of hydrogen-bond acceptors (Lipinski definition) is 6. The van der Waals surface area contributed by atoms with E-state index in [1.807, 2.05) is 62.4 Å². The molecule has 0 bridgehead atoms. The van der Waals surface area contributed by atoms with E-state index in [4.69, 9.17) is 9.73 Å². The number of rotatable bonds is 4. The molecule has 6 nitrogen and oxygen atoms in total. The van der Waals surface area contributed by atoms with E-state index < -0.39 is 6.17 Å². The van der Waals surface area contributed by atoms with Gasteiger partial charge in [-0.3, -0.25) is 15.1 Å². The lowest BCUT2D eigenvalue weighted by Crippen LogP contribution is -2.50. The molecule has 2 aromatic rings. The highest BCUT2D eigenvalue weighted by molar-refractivity contribution is 8.13. The third kappa shape index (κ3) is 3.30. The van der Waals surface area contributed by atoms with Crippen molar-refractivity contribution in [2.24, 2.45) is 10.1 Å². The Hall–Kier alpha value is -2.80. The number of amides is 1. The van der Waals surface area contributed by atoms with Gasteiger partial charge in [0.2, 0.25) is 0 Å². The molecule has 0 saturated heterocycles. The van der Waals surface area contributed by atoms with Crippen LogP contribution in [0.1, 0.15) is 25.6 Å². The predicted octanol–water partition coefficient (Wildman–Crippen LogP) is 1.98. The van der Waals surface area contributed by atoms with Gasteiger partial charge in [-0.1, -0.05) is 49.0 Å². The summed E-state index contributed by atoms with van der Waals surface area (Å²) in [5.74, 6) is 1.44. The number of amidine groups is 1. The summed E-state index contributed by atoms with van der Waals surface area (Å²) in [6.07, 6.45) is -0.422. The standard InChI is InChI=1S/C20H20N4O2S/c1-3-26-14-9-7-8-13(12-14)18-21-16-11-6-5-10-15(16)17-19(25)22-20(27-4-2)23-24(17)18/h5-12,18H,3-4H2,1-2H3,(H,22,23,25). The molecule has 7 heteroatoms. The van der Waals surface area contributed by atoms with E-state index in [0.717, 1.165) is 27.6 Å². The third-order valence-corrected chi connectivity index (χ3v) is 5.01. The van der Waals surface area contributed by atoms with Crippen LogP contribution in [-0.4, -0.2) is 28.4 Å². The number of para-hydroxylation sites is 1. The Bertz CT molecular complexity index is 1030. The van der Waals surface area contributed by atoms with Gasteiger partial charge in [-0.2, -0.15) is 0 Å². The van der Waals surface area contributed by atoms with E-state index >= 15 is 0 Å². The van der Waals surface area contributed by atoms with E-state index in [2.05, 4.69) is 10.4 Å². The summed E-state index contributed by atoms with van der Waals surface area (Å²) in [5.41, 5.74) is 1.44. The van der Waals surface area contributed by atoms with Gasteiger partial charge in [-0.25, -0.2) is 5.01 Å². The van der Waals surface area contributed by atoms with Crippen LogP contribution in [0.4, 0.5) is 0 Å². The van der Waals surface area contributed by atoms with Gasteiger partial charge in [0.15, 0.2) is 11.3 Å². The van der Waals surface area contributed by atoms with Crippen molar-refractivity contribution in [2.75, 3.05) is 12.4 Å². The van der Waals surface area contributed by atoms with E-state index in [9.17, 15) is 4.79 Å². The van der Waals surface area contributed by atoms with Crippen LogP contribution in [0.2, 0.25) is 0 Å². The summed E-state index contributed by atoms with van der Waals surface area (Å²) in [5, 5.41) is 11.5. The molecule has 2 aromatic carbocycles. The molecule has 2 heterocycles. The van der Waals surface area contributed by atoms with Crippen LogP contribution in [0.15, 0.2) is 58.6 Å². The minimum absolute atomic E-state index is 0.158. The first-order valence-corrected chi connectivity index (χ1v) is 9.91. The molecule has 27 heavy (non-hydrogen) atoms. The van der Waals surface area contributed by atoms with Crippen molar-refractivity contribution in [1.82, 2.24) is 10.3 Å². The molecule has 2 aliphatic heterocycles. The highest BCUT2D eigenvalue weighted by Gasteiger charge is 2.34. The SMILES string of the molecule is CCOc1cccc(C2N=c3ccccc3=C3C(=O)NC(SCC)=NN32)c1. The molecule has 1 atom stereocenters. The number of nitrogens with zero attached hydrogens (tertiary/aromatic N) is 3. The molecule has 138 valence electrons. The number of benzene rings is 2. The molecule has 0 spiro atoms. The molecular weight excluding hydrogens is 360 g/mol. The Morgan fingerprint density at radius 3 is 2.85 bits per heavy atom. The summed E-state index contributed by atoms with van der Waals surface area (Å²) in [6.45, 7) is 4.57. The fourth-order valence-electron chi connectivity index (χ4n) is 3.18. The zero-order valence-corrected chi connectivity index (χ0v) is 16.0. The second-order valence-corrected chi connectivity index (χ2v) is 7.26. The Morgan fingerprint density at radius 1 is 1.19 bits per heavy atom. The van der Waals surface area contributed by atoms with Gasteiger partial charge in [0.05, 0.1) is 12.0 Å². The maximum Gasteiger partial charge on any atom is 0.276 e. The first-order valence-electron chi connectivity index (χ1n) is 8.93. The Kier molecular flexibility index (Phi) is 4.85. The number of fused-ring (bicyclic) bond motifs is 2. The summed E-state index contributed by atoms with van der Waals surface area (Å²) in [7, 11) is 0. The molecule has 1 N–H and O–H groups in total. The van der Waals surface area contributed by atoms with Crippen molar-refractivity contribution >= 4 is 28.5 Å². The third-order valence-electron chi connectivity index (χ3n) is 4.26. The van der Waals surface area contributed by atoms with E-state index in [0.29, 0.717) is 17.5 Å². The second-order valence-electron chi connectivity index (χ2n) is 6.01. The van der Waals surface area contributed by atoms with Gasteiger partial charge in [0, 0.05) is 10.8 Å². The van der Waals surface area contributed by atoms with Crippen LogP contribution < -0.4 is 20.6 Å². The van der Waals surface area contributed by atoms with Gasteiger partial charge in [0.1, 0.15) is 11.4 Å². The monoisotopic (exact) mass is 380 g/mol. The molecule has 0 aromatic heterocycles. The Balaban J connectivity index is 1.90. The van der Waals surface area contributed by atoms with Gasteiger partial charge in [0.25, 0.3) is 5.91 Å². The highest BCUT2D eigenvalue weighted by Crippen LogP contribution is 2.32. The van der Waals surface area contributed by atoms with Crippen molar-refractivity contribution in [1.29, 1.82) is 0 Å². The quantitative estimate of drug-likeness (QED) is 0.881. The van der Waals surface area contributed by atoms with Crippen LogP contribution in [-0.2, 0) is 4.79 Å². The minimum atomic E-state index is -0.422. The van der Waals surface area contributed by atoms with E-state index in [1.54, 1.807) is 5.01 Å². The van der Waals surface area contributed by atoms with E-state index in [1.165, 1.54) is 11.8 Å². The zero-order valence-electron chi connectivity index (χ0n) is 15.2. The fourth-order valence-corrected chi connectivity index (χ4v) is 3.76. The molecule has 0 saturated carbocycles. The lowest BCUT2D eigenvalue weighted by molar-refractivity contribution is -0.116. The zero-order chi connectivity index (χ0) is 18.8. The molecule has 1 unspecified atom stereocenters. The average molecular weight is 380 g/mol. The smallest absolute Gasteiger partial charge is 0.276 e. The summed E-state index contributed by atoms with van der Waals surface area (Å²) in [4.78, 5) is 17.8. The largest absolute Gasteiger partial charge is 0.494 e. The molecule has 2 aliphatic rings. The molecule has 0 radical (unpaired) electrons. The number of hydrogen-bond donors (Lipinski definition) is 1. The molecule has 1 amide bonds. The number of ether oxygens (including phenoxy) is 1. The molecule has 0 aliphatic carbocycles. The van der Waals surface area contributed by atoms with Gasteiger partial charge in [-0.15, -0.1) is 5.10 Å². The van der Waals surface area contributed by atoms with Crippen LogP contribution in [0.3, 0.4) is 0 Å². The fraction of sp³-hybridized carbons (Fsp3) is 0.250. The number of hydrazone groups is 1. The molecule has 4 rings (SSSR count). The van der Waals surface area contributed by atoms with Crippen molar-refractivity contribution in [2.45, 2.75) is 20.0 Å². The number of thioether (sulfide) groups is 1. The summed E-state index contributed by atoms with van der Waals surface area (Å²) < 4.78 is 5.64. The van der Waals surface area contributed by atoms with Crippen molar-refractivity contribution in [3.05, 3.63) is 64.7 Å².